The van der Waals surface area contributed by atoms with Crippen molar-refractivity contribution < 1.29 is 9.59 Å². The van der Waals surface area contributed by atoms with Crippen LogP contribution in [-0.2, 0) is 11.3 Å². The number of aromatic nitrogens is 2. The molecular formula is C21H21ClN4O3S. The average molecular weight is 445 g/mol. The van der Waals surface area contributed by atoms with E-state index in [4.69, 9.17) is 11.6 Å². The fourth-order valence-electron chi connectivity index (χ4n) is 2.80. The molecule has 0 spiro atoms. The number of thioether (sulfide) groups is 1. The summed E-state index contributed by atoms with van der Waals surface area (Å²) >= 11 is 7.40. The van der Waals surface area contributed by atoms with Gasteiger partial charge in [0, 0.05) is 11.6 Å². The Kier molecular flexibility index (Phi) is 7.12. The largest absolute Gasteiger partial charge is 0.338 e. The lowest BCUT2D eigenvalue weighted by molar-refractivity contribution is -0.119. The highest BCUT2D eigenvalue weighted by atomic mass is 35.5. The fourth-order valence-corrected chi connectivity index (χ4v) is 3.91. The smallest absolute Gasteiger partial charge is 0.321 e. The zero-order valence-electron chi connectivity index (χ0n) is 16.5. The minimum absolute atomic E-state index is 0.212. The first-order chi connectivity index (χ1) is 14.4. The lowest BCUT2D eigenvalue weighted by atomic mass is 10.2. The highest BCUT2D eigenvalue weighted by molar-refractivity contribution is 8.00. The van der Waals surface area contributed by atoms with Crippen LogP contribution in [0.25, 0.3) is 10.9 Å². The van der Waals surface area contributed by atoms with Crippen LogP contribution in [0.1, 0.15) is 19.4 Å². The van der Waals surface area contributed by atoms with Gasteiger partial charge in [-0.05, 0) is 37.6 Å². The third-order valence-corrected chi connectivity index (χ3v) is 5.80. The van der Waals surface area contributed by atoms with Crippen molar-refractivity contribution in [1.82, 2.24) is 20.2 Å². The molecule has 3 amide bonds. The summed E-state index contributed by atoms with van der Waals surface area (Å²) < 4.78 is 1.50. The molecule has 1 heterocycles. The number of urea groups is 1. The summed E-state index contributed by atoms with van der Waals surface area (Å²) in [7, 11) is 0. The molecule has 3 rings (SSSR count). The Bertz CT molecular complexity index is 1150. The van der Waals surface area contributed by atoms with Crippen LogP contribution in [0, 0.1) is 0 Å². The van der Waals surface area contributed by atoms with Gasteiger partial charge in [-0.3, -0.25) is 19.5 Å². The maximum atomic E-state index is 13.2. The molecule has 1 unspecified atom stereocenters. The number of nitrogens with one attached hydrogen (secondary N) is 2. The summed E-state index contributed by atoms with van der Waals surface area (Å²) in [6.45, 7) is 4.03. The van der Waals surface area contributed by atoms with Crippen molar-refractivity contribution in [3.05, 3.63) is 69.5 Å². The molecule has 1 atom stereocenters. The molecule has 0 bridgehead atoms. The molecule has 1 aromatic heterocycles. The van der Waals surface area contributed by atoms with Crippen molar-refractivity contribution in [3.63, 3.8) is 0 Å². The highest BCUT2D eigenvalue weighted by Crippen LogP contribution is 2.24. The summed E-state index contributed by atoms with van der Waals surface area (Å²) in [5.41, 5.74) is 1.08. The van der Waals surface area contributed by atoms with Crippen molar-refractivity contribution >= 4 is 46.2 Å². The second-order valence-corrected chi connectivity index (χ2v) is 8.22. The van der Waals surface area contributed by atoms with Crippen molar-refractivity contribution in [2.75, 3.05) is 6.54 Å². The van der Waals surface area contributed by atoms with Crippen LogP contribution in [0.5, 0.6) is 0 Å². The molecule has 30 heavy (non-hydrogen) atoms. The predicted molar refractivity (Wildman–Crippen MR) is 119 cm³/mol. The molecule has 7 nitrogen and oxygen atoms in total. The quantitative estimate of drug-likeness (QED) is 0.449. The molecule has 156 valence electrons. The summed E-state index contributed by atoms with van der Waals surface area (Å²) in [6.07, 6.45) is 0. The first-order valence-corrected chi connectivity index (χ1v) is 10.6. The van der Waals surface area contributed by atoms with Crippen LogP contribution in [-0.4, -0.2) is 33.3 Å². The second kappa shape index (κ2) is 9.77. The van der Waals surface area contributed by atoms with E-state index < -0.39 is 17.2 Å². The maximum absolute atomic E-state index is 13.2. The second-order valence-electron chi connectivity index (χ2n) is 6.50. The summed E-state index contributed by atoms with van der Waals surface area (Å²) in [5, 5.41) is 5.53. The molecule has 0 radical (unpaired) electrons. The summed E-state index contributed by atoms with van der Waals surface area (Å²) in [4.78, 5) is 41.8. The van der Waals surface area contributed by atoms with Gasteiger partial charge in [-0.25, -0.2) is 9.78 Å². The van der Waals surface area contributed by atoms with Crippen molar-refractivity contribution in [2.45, 2.75) is 30.8 Å². The normalized spacial score (nSPS) is 11.8. The number of carbonyl (C=O) groups excluding carboxylic acids is 2. The molecule has 0 aliphatic heterocycles. The van der Waals surface area contributed by atoms with Gasteiger partial charge < -0.3 is 5.32 Å². The number of fused-ring (bicyclic) bond motifs is 1. The molecule has 3 aromatic rings. The Morgan fingerprint density at radius 1 is 1.17 bits per heavy atom. The van der Waals surface area contributed by atoms with Gasteiger partial charge in [0.15, 0.2) is 5.16 Å². The van der Waals surface area contributed by atoms with Gasteiger partial charge in [0.1, 0.15) is 0 Å². The van der Waals surface area contributed by atoms with E-state index in [0.29, 0.717) is 27.6 Å². The van der Waals surface area contributed by atoms with E-state index >= 15 is 0 Å². The summed E-state index contributed by atoms with van der Waals surface area (Å²) in [5.74, 6) is -0.474. The molecule has 0 saturated carbocycles. The third-order valence-electron chi connectivity index (χ3n) is 4.34. The van der Waals surface area contributed by atoms with E-state index in [0.717, 1.165) is 17.3 Å². The highest BCUT2D eigenvalue weighted by Gasteiger charge is 2.21. The monoisotopic (exact) mass is 444 g/mol. The topological polar surface area (TPSA) is 93.1 Å². The number of imide groups is 1. The van der Waals surface area contributed by atoms with Gasteiger partial charge in [0.05, 0.1) is 22.7 Å². The maximum Gasteiger partial charge on any atom is 0.321 e. The van der Waals surface area contributed by atoms with Crippen molar-refractivity contribution in [1.29, 1.82) is 0 Å². The van der Waals surface area contributed by atoms with E-state index in [-0.39, 0.29) is 12.1 Å². The molecule has 2 aromatic carbocycles. The number of benzene rings is 2. The molecule has 2 N–H and O–H groups in total. The SMILES string of the molecule is CCNC(=O)NC(=O)C(C)Sc1nc2ccccc2c(=O)n1Cc1ccccc1Cl. The number of para-hydroxylation sites is 1. The van der Waals surface area contributed by atoms with Gasteiger partial charge in [-0.2, -0.15) is 0 Å². The number of halogens is 1. The molecule has 0 saturated heterocycles. The predicted octanol–water partition coefficient (Wildman–Crippen LogP) is 3.42. The number of rotatable bonds is 6. The minimum Gasteiger partial charge on any atom is -0.338 e. The number of nitrogens with zero attached hydrogens (tertiary/aromatic N) is 2. The zero-order chi connectivity index (χ0) is 21.7. The minimum atomic E-state index is -0.654. The number of hydrogen-bond donors (Lipinski definition) is 2. The van der Waals surface area contributed by atoms with E-state index in [1.54, 1.807) is 44.2 Å². The zero-order valence-corrected chi connectivity index (χ0v) is 18.1. The van der Waals surface area contributed by atoms with E-state index in [1.807, 2.05) is 18.2 Å². The third kappa shape index (κ3) is 5.01. The van der Waals surface area contributed by atoms with Crippen molar-refractivity contribution in [3.8, 4) is 0 Å². The van der Waals surface area contributed by atoms with Crippen LogP contribution in [0.2, 0.25) is 5.02 Å². The average Bonchev–Trinajstić information content (AvgIpc) is 2.72. The number of amides is 3. The van der Waals surface area contributed by atoms with E-state index in [9.17, 15) is 14.4 Å². The fraction of sp³-hybridized carbons (Fsp3) is 0.238. The Morgan fingerprint density at radius 2 is 1.87 bits per heavy atom. The van der Waals surface area contributed by atoms with Gasteiger partial charge in [0.25, 0.3) is 5.56 Å². The van der Waals surface area contributed by atoms with Gasteiger partial charge in [-0.15, -0.1) is 0 Å². The van der Waals surface area contributed by atoms with Crippen molar-refractivity contribution in [2.24, 2.45) is 0 Å². The molecule has 9 heteroatoms. The lowest BCUT2D eigenvalue weighted by Crippen LogP contribution is -2.42. The van der Waals surface area contributed by atoms with E-state index in [2.05, 4.69) is 15.6 Å². The number of carbonyl (C=O) groups is 2. The van der Waals surface area contributed by atoms with Crippen LogP contribution in [0.3, 0.4) is 0 Å². The Morgan fingerprint density at radius 3 is 2.60 bits per heavy atom. The van der Waals surface area contributed by atoms with Gasteiger partial charge >= 0.3 is 6.03 Å². The van der Waals surface area contributed by atoms with Crippen LogP contribution in [0.4, 0.5) is 4.79 Å². The van der Waals surface area contributed by atoms with E-state index in [1.165, 1.54) is 4.57 Å². The first-order valence-electron chi connectivity index (χ1n) is 9.39. The Hall–Kier alpha value is -2.84. The molecule has 0 aliphatic rings. The van der Waals surface area contributed by atoms with Crippen LogP contribution >= 0.6 is 23.4 Å². The molecule has 0 aliphatic carbocycles. The number of hydrogen-bond acceptors (Lipinski definition) is 5. The van der Waals surface area contributed by atoms with Crippen LogP contribution in [0.15, 0.2) is 58.5 Å². The molecular weight excluding hydrogens is 424 g/mol. The molecule has 0 fully saturated rings. The lowest BCUT2D eigenvalue weighted by Gasteiger charge is -2.16. The van der Waals surface area contributed by atoms with Gasteiger partial charge in [0.2, 0.25) is 5.91 Å². The Labute approximate surface area is 182 Å². The summed E-state index contributed by atoms with van der Waals surface area (Å²) in [6, 6.07) is 13.7. The standard InChI is InChI=1S/C21H21ClN4O3S/c1-3-23-20(29)25-18(27)13(2)30-21-24-17-11-7-5-9-15(17)19(28)26(21)12-14-8-4-6-10-16(14)22/h4-11,13H,3,12H2,1-2H3,(H2,23,25,27,29). The van der Waals surface area contributed by atoms with Crippen LogP contribution < -0.4 is 16.2 Å². The Balaban J connectivity index is 1.98. The first kappa shape index (κ1) is 21.9. The van der Waals surface area contributed by atoms with Gasteiger partial charge in [-0.1, -0.05) is 53.7 Å².